The van der Waals surface area contributed by atoms with Crippen LogP contribution in [0.1, 0.15) is 99.8 Å². The summed E-state index contributed by atoms with van der Waals surface area (Å²) in [5.41, 5.74) is -1.09. The van der Waals surface area contributed by atoms with Crippen LogP contribution in [0.25, 0.3) is 0 Å². The van der Waals surface area contributed by atoms with Gasteiger partial charge in [0.15, 0.2) is 0 Å². The molecule has 0 bridgehead atoms. The lowest BCUT2D eigenvalue weighted by atomic mass is 9.45. The molecule has 0 aromatic rings. The first-order valence-electron chi connectivity index (χ1n) is 13.8. The Bertz CT molecular complexity index is 860. The summed E-state index contributed by atoms with van der Waals surface area (Å²) in [5.74, 6) is 2.23. The molecule has 0 aromatic carbocycles. The molecule has 192 valence electrons. The van der Waals surface area contributed by atoms with Crippen LogP contribution in [0, 0.1) is 40.4 Å². The summed E-state index contributed by atoms with van der Waals surface area (Å²) in [7, 11) is 0. The van der Waals surface area contributed by atoms with E-state index < -0.39 is 16.6 Å². The molecule has 0 aliphatic heterocycles. The Balaban J connectivity index is 1.61. The largest absolute Gasteiger partial charge is 0.462 e. The van der Waals surface area contributed by atoms with Gasteiger partial charge in [0.25, 0.3) is 0 Å². The topological polar surface area (TPSA) is 66.8 Å². The quantitative estimate of drug-likeness (QED) is 0.369. The Morgan fingerprint density at radius 2 is 1.76 bits per heavy atom. The summed E-state index contributed by atoms with van der Waals surface area (Å²) in [6, 6.07) is 0. The van der Waals surface area contributed by atoms with E-state index in [1.54, 1.807) is 0 Å². The maximum Gasteiger partial charge on any atom is 0.302 e. The van der Waals surface area contributed by atoms with Crippen molar-refractivity contribution in [1.29, 1.82) is 0 Å². The van der Waals surface area contributed by atoms with Gasteiger partial charge in [-0.25, -0.2) is 0 Å². The van der Waals surface area contributed by atoms with Gasteiger partial charge in [-0.05, 0) is 85.5 Å². The van der Waals surface area contributed by atoms with Crippen molar-refractivity contribution in [2.75, 3.05) is 0 Å². The molecule has 0 heterocycles. The molecule has 2 N–H and O–H groups in total. The van der Waals surface area contributed by atoms with Gasteiger partial charge in [0.2, 0.25) is 0 Å². The second-order valence-corrected chi connectivity index (χ2v) is 13.2. The second-order valence-electron chi connectivity index (χ2n) is 13.2. The molecule has 0 aromatic heterocycles. The molecule has 3 fully saturated rings. The van der Waals surface area contributed by atoms with Crippen molar-refractivity contribution in [2.45, 2.75) is 117 Å². The average Bonchev–Trinajstić information content (AvgIpc) is 3.11. The normalized spacial score (nSPS) is 45.8. The Morgan fingerprint density at radius 1 is 1.06 bits per heavy atom. The highest BCUT2D eigenvalue weighted by molar-refractivity contribution is 5.66. The lowest BCUT2D eigenvalue weighted by molar-refractivity contribution is -0.195. The molecule has 4 rings (SSSR count). The predicted octanol–water partition coefficient (Wildman–Crippen LogP) is 6.21. The van der Waals surface area contributed by atoms with E-state index in [4.69, 9.17) is 4.74 Å². The highest BCUT2D eigenvalue weighted by atomic mass is 16.5. The summed E-state index contributed by atoms with van der Waals surface area (Å²) in [6.07, 6.45) is 13.2. The molecule has 4 nitrogen and oxygen atoms in total. The van der Waals surface area contributed by atoms with Crippen molar-refractivity contribution in [3.05, 3.63) is 23.8 Å². The SMILES string of the molecule is CC(=O)O[C@@H]1CC[C@]2(C)C3=CC[C@]4(C)[C@H]([C@H](C)/C=C/[C@H](C)C(C)C)CC[C@@H]4[C@]3(O)CC[C@@]2(O)C1. The van der Waals surface area contributed by atoms with E-state index in [1.807, 2.05) is 0 Å². The minimum Gasteiger partial charge on any atom is -0.462 e. The van der Waals surface area contributed by atoms with Gasteiger partial charge in [0.05, 0.1) is 11.2 Å². The summed E-state index contributed by atoms with van der Waals surface area (Å²) in [5, 5.41) is 24.2. The summed E-state index contributed by atoms with van der Waals surface area (Å²) >= 11 is 0. The van der Waals surface area contributed by atoms with Crippen LogP contribution in [0.15, 0.2) is 23.8 Å². The van der Waals surface area contributed by atoms with Crippen molar-refractivity contribution in [3.63, 3.8) is 0 Å². The number of carbonyl (C=O) groups is 1. The third kappa shape index (κ3) is 3.92. The van der Waals surface area contributed by atoms with E-state index in [9.17, 15) is 15.0 Å². The number of aliphatic hydroxyl groups is 2. The summed E-state index contributed by atoms with van der Waals surface area (Å²) < 4.78 is 5.50. The average molecular weight is 473 g/mol. The molecule has 0 radical (unpaired) electrons. The predicted molar refractivity (Wildman–Crippen MR) is 136 cm³/mol. The Labute approximate surface area is 207 Å². The smallest absolute Gasteiger partial charge is 0.302 e. The number of carbonyl (C=O) groups excluding carboxylic acids is 1. The molecule has 0 amide bonds. The zero-order valence-electron chi connectivity index (χ0n) is 22.6. The summed E-state index contributed by atoms with van der Waals surface area (Å²) in [4.78, 5) is 11.5. The number of hydrogen-bond acceptors (Lipinski definition) is 4. The number of esters is 1. The van der Waals surface area contributed by atoms with Gasteiger partial charge in [0.1, 0.15) is 6.10 Å². The van der Waals surface area contributed by atoms with E-state index in [1.165, 1.54) is 6.92 Å². The molecule has 3 saturated carbocycles. The molecular weight excluding hydrogens is 424 g/mol. The van der Waals surface area contributed by atoms with E-state index in [0.29, 0.717) is 42.9 Å². The van der Waals surface area contributed by atoms with Crippen LogP contribution in [0.4, 0.5) is 0 Å². The van der Waals surface area contributed by atoms with Crippen molar-refractivity contribution in [1.82, 2.24) is 0 Å². The van der Waals surface area contributed by atoms with Gasteiger partial charge in [-0.15, -0.1) is 0 Å². The van der Waals surface area contributed by atoms with Crippen molar-refractivity contribution in [3.8, 4) is 0 Å². The van der Waals surface area contributed by atoms with Gasteiger partial charge >= 0.3 is 5.97 Å². The third-order valence-corrected chi connectivity index (χ3v) is 11.0. The highest BCUT2D eigenvalue weighted by Gasteiger charge is 2.67. The first-order valence-corrected chi connectivity index (χ1v) is 13.8. The lowest BCUT2D eigenvalue weighted by Gasteiger charge is -2.63. The van der Waals surface area contributed by atoms with Crippen LogP contribution in [-0.2, 0) is 9.53 Å². The fourth-order valence-corrected chi connectivity index (χ4v) is 8.49. The van der Waals surface area contributed by atoms with Gasteiger partial charge in [-0.3, -0.25) is 4.79 Å². The van der Waals surface area contributed by atoms with E-state index >= 15 is 0 Å². The maximum atomic E-state index is 12.4. The van der Waals surface area contributed by atoms with E-state index in [0.717, 1.165) is 37.7 Å². The first-order chi connectivity index (χ1) is 15.8. The van der Waals surface area contributed by atoms with E-state index in [2.05, 4.69) is 59.8 Å². The van der Waals surface area contributed by atoms with Crippen molar-refractivity contribution in [2.24, 2.45) is 40.4 Å². The minimum absolute atomic E-state index is 0.0732. The highest BCUT2D eigenvalue weighted by Crippen LogP contribution is 2.68. The second kappa shape index (κ2) is 8.76. The molecule has 9 atom stereocenters. The third-order valence-electron chi connectivity index (χ3n) is 11.0. The summed E-state index contributed by atoms with van der Waals surface area (Å²) in [6.45, 7) is 15.2. The lowest BCUT2D eigenvalue weighted by Crippen LogP contribution is -2.65. The maximum absolute atomic E-state index is 12.4. The zero-order chi connectivity index (χ0) is 25.1. The Morgan fingerprint density at radius 3 is 2.41 bits per heavy atom. The van der Waals surface area contributed by atoms with Crippen LogP contribution in [-0.4, -0.2) is 33.5 Å². The van der Waals surface area contributed by atoms with Gasteiger partial charge in [-0.1, -0.05) is 59.8 Å². The van der Waals surface area contributed by atoms with Gasteiger partial charge in [-0.2, -0.15) is 0 Å². The Kier molecular flexibility index (Phi) is 6.69. The van der Waals surface area contributed by atoms with Crippen LogP contribution >= 0.6 is 0 Å². The molecule has 4 aliphatic rings. The van der Waals surface area contributed by atoms with Crippen LogP contribution < -0.4 is 0 Å². The van der Waals surface area contributed by atoms with Crippen LogP contribution in [0.5, 0.6) is 0 Å². The van der Waals surface area contributed by atoms with Gasteiger partial charge in [0, 0.05) is 18.8 Å². The number of fused-ring (bicyclic) bond motifs is 5. The molecule has 0 saturated heterocycles. The molecule has 0 unspecified atom stereocenters. The van der Waals surface area contributed by atoms with Crippen LogP contribution in [0.2, 0.25) is 0 Å². The Hall–Kier alpha value is -1.13. The molecule has 0 spiro atoms. The number of allylic oxidation sites excluding steroid dienone is 3. The monoisotopic (exact) mass is 472 g/mol. The van der Waals surface area contributed by atoms with E-state index in [-0.39, 0.29) is 23.4 Å². The number of hydrogen-bond donors (Lipinski definition) is 2. The van der Waals surface area contributed by atoms with Crippen molar-refractivity contribution < 1.29 is 19.7 Å². The fraction of sp³-hybridized carbons (Fsp3) is 0.833. The first kappa shape index (κ1) is 25.9. The number of rotatable bonds is 5. The van der Waals surface area contributed by atoms with Gasteiger partial charge < -0.3 is 14.9 Å². The molecule has 4 aliphatic carbocycles. The molecule has 4 heteroatoms. The zero-order valence-corrected chi connectivity index (χ0v) is 22.6. The molecular formula is C30H48O4. The minimum atomic E-state index is -0.932. The van der Waals surface area contributed by atoms with Crippen LogP contribution in [0.3, 0.4) is 0 Å². The number of ether oxygens (including phenoxy) is 1. The fourth-order valence-electron chi connectivity index (χ4n) is 8.49. The standard InChI is InChI=1S/C30H48O4/c1-19(2)20(3)8-9-21(4)24-10-11-25-27(24,6)14-13-26-28(7)15-12-23(34-22(5)31)18-29(28,32)16-17-30(25,26)33/h8-9,13,19-21,23-25,32-33H,10-12,14-18H2,1-7H3/b9-8+/t20-,21+,23+,24-,25-,27+,28+,29+,30+/m0/s1. The molecule has 34 heavy (non-hydrogen) atoms. The van der Waals surface area contributed by atoms with Crippen molar-refractivity contribution >= 4 is 5.97 Å².